The summed E-state index contributed by atoms with van der Waals surface area (Å²) in [6.07, 6.45) is 14.1. The lowest BCUT2D eigenvalue weighted by Crippen LogP contribution is -2.49. The number of pyridine rings is 1. The zero-order valence-corrected chi connectivity index (χ0v) is 19.4. The second-order valence-corrected chi connectivity index (χ2v) is 10.5. The van der Waals surface area contributed by atoms with E-state index in [1.54, 1.807) is 6.20 Å². The van der Waals surface area contributed by atoms with Gasteiger partial charge in [-0.05, 0) is 74.8 Å². The number of piperidine rings is 2. The SMILES string of the molecule is O=C(c1ccc(N2[C@@H]3CC[C@H]2CC(Oc2ccccn2)C3)cc1)N1CCCC2CCCCC21. The molecule has 1 aliphatic carbocycles. The Morgan fingerprint density at radius 1 is 0.879 bits per heavy atom. The number of carbonyl (C=O) groups excluding carboxylic acids is 1. The predicted octanol–water partition coefficient (Wildman–Crippen LogP) is 5.46. The maximum absolute atomic E-state index is 13.4. The van der Waals surface area contributed by atoms with Crippen molar-refractivity contribution in [2.24, 2.45) is 5.92 Å². The van der Waals surface area contributed by atoms with E-state index in [0.29, 0.717) is 18.1 Å². The molecule has 5 heteroatoms. The van der Waals surface area contributed by atoms with Crippen molar-refractivity contribution in [1.82, 2.24) is 9.88 Å². The summed E-state index contributed by atoms with van der Waals surface area (Å²) in [5.74, 6) is 1.70. The molecule has 2 bridgehead atoms. The molecule has 174 valence electrons. The van der Waals surface area contributed by atoms with Crippen molar-refractivity contribution < 1.29 is 9.53 Å². The van der Waals surface area contributed by atoms with E-state index in [0.717, 1.165) is 43.2 Å². The number of ether oxygens (including phenoxy) is 1. The van der Waals surface area contributed by atoms with Gasteiger partial charge in [0.15, 0.2) is 0 Å². The molecule has 1 saturated carbocycles. The summed E-state index contributed by atoms with van der Waals surface area (Å²) in [4.78, 5) is 22.5. The average molecular weight is 446 g/mol. The van der Waals surface area contributed by atoms with Crippen LogP contribution in [0.1, 0.15) is 74.6 Å². The van der Waals surface area contributed by atoms with E-state index in [1.165, 1.54) is 50.6 Å². The van der Waals surface area contributed by atoms with Crippen LogP contribution in [-0.4, -0.2) is 46.6 Å². The summed E-state index contributed by atoms with van der Waals surface area (Å²) >= 11 is 0. The van der Waals surface area contributed by atoms with E-state index >= 15 is 0 Å². The van der Waals surface area contributed by atoms with Crippen molar-refractivity contribution in [3.63, 3.8) is 0 Å². The smallest absolute Gasteiger partial charge is 0.254 e. The molecule has 3 unspecified atom stereocenters. The molecular formula is C28H35N3O2. The van der Waals surface area contributed by atoms with E-state index in [1.807, 2.05) is 18.2 Å². The summed E-state index contributed by atoms with van der Waals surface area (Å²) in [6.45, 7) is 0.926. The number of rotatable bonds is 4. The minimum Gasteiger partial charge on any atom is -0.474 e. The molecule has 4 aliphatic rings. The molecule has 5 nitrogen and oxygen atoms in total. The van der Waals surface area contributed by atoms with Gasteiger partial charge < -0.3 is 14.5 Å². The van der Waals surface area contributed by atoms with E-state index in [2.05, 4.69) is 39.0 Å². The molecule has 0 spiro atoms. The fourth-order valence-corrected chi connectivity index (χ4v) is 7.05. The maximum atomic E-state index is 13.4. The Morgan fingerprint density at radius 3 is 2.39 bits per heavy atom. The Morgan fingerprint density at radius 2 is 1.64 bits per heavy atom. The average Bonchev–Trinajstić information content (AvgIpc) is 3.14. The van der Waals surface area contributed by atoms with Crippen LogP contribution in [0.25, 0.3) is 0 Å². The number of anilines is 1. The minimum absolute atomic E-state index is 0.233. The van der Waals surface area contributed by atoms with Gasteiger partial charge in [0.05, 0.1) is 0 Å². The van der Waals surface area contributed by atoms with Crippen LogP contribution in [0.5, 0.6) is 5.88 Å². The molecule has 1 aromatic carbocycles. The molecular weight excluding hydrogens is 410 g/mol. The lowest BCUT2D eigenvalue weighted by Gasteiger charge is -2.44. The quantitative estimate of drug-likeness (QED) is 0.627. The number of benzene rings is 1. The summed E-state index contributed by atoms with van der Waals surface area (Å²) in [5.41, 5.74) is 2.11. The van der Waals surface area contributed by atoms with Crippen molar-refractivity contribution >= 4 is 11.6 Å². The van der Waals surface area contributed by atoms with Gasteiger partial charge in [-0.3, -0.25) is 4.79 Å². The third-order valence-electron chi connectivity index (χ3n) is 8.53. The molecule has 4 fully saturated rings. The van der Waals surface area contributed by atoms with Crippen LogP contribution < -0.4 is 9.64 Å². The number of carbonyl (C=O) groups is 1. The van der Waals surface area contributed by atoms with E-state index in [9.17, 15) is 4.79 Å². The van der Waals surface area contributed by atoms with Gasteiger partial charge >= 0.3 is 0 Å². The van der Waals surface area contributed by atoms with E-state index < -0.39 is 0 Å². The molecule has 3 saturated heterocycles. The predicted molar refractivity (Wildman–Crippen MR) is 130 cm³/mol. The topological polar surface area (TPSA) is 45.7 Å². The standard InChI is InChI=1S/C28H35N3O2/c32-28(30-17-5-7-20-6-1-2-8-26(20)30)21-10-12-22(13-11-21)31-23-14-15-24(31)19-25(18-23)33-27-9-3-4-16-29-27/h3-4,9-13,16,20,23-26H,1-2,5-8,14-15,17-19H2/t20?,23-,24+,25?,26?. The number of hydrogen-bond donors (Lipinski definition) is 0. The van der Waals surface area contributed by atoms with Crippen LogP contribution in [0.3, 0.4) is 0 Å². The first-order valence-electron chi connectivity index (χ1n) is 13.0. The summed E-state index contributed by atoms with van der Waals surface area (Å²) in [5, 5.41) is 0. The molecule has 1 aromatic heterocycles. The first-order valence-corrected chi connectivity index (χ1v) is 13.0. The number of hydrogen-bond acceptors (Lipinski definition) is 4. The first-order chi connectivity index (χ1) is 16.3. The number of amides is 1. The normalized spacial score (nSPS) is 31.2. The second kappa shape index (κ2) is 9.00. The summed E-state index contributed by atoms with van der Waals surface area (Å²) in [6, 6.07) is 15.8. The van der Waals surface area contributed by atoms with Crippen LogP contribution in [0.2, 0.25) is 0 Å². The van der Waals surface area contributed by atoms with Gasteiger partial charge in [-0.25, -0.2) is 4.98 Å². The molecule has 4 heterocycles. The molecule has 5 atom stereocenters. The van der Waals surface area contributed by atoms with Crippen LogP contribution in [0.4, 0.5) is 5.69 Å². The van der Waals surface area contributed by atoms with E-state index in [-0.39, 0.29) is 12.0 Å². The van der Waals surface area contributed by atoms with Crippen molar-refractivity contribution in [3.8, 4) is 5.88 Å². The largest absolute Gasteiger partial charge is 0.474 e. The number of likely N-dealkylation sites (tertiary alicyclic amines) is 1. The zero-order chi connectivity index (χ0) is 22.2. The van der Waals surface area contributed by atoms with Crippen molar-refractivity contribution in [2.45, 2.75) is 88.4 Å². The zero-order valence-electron chi connectivity index (χ0n) is 19.4. The number of nitrogens with zero attached hydrogens (tertiary/aromatic N) is 3. The van der Waals surface area contributed by atoms with Gasteiger partial charge in [0.25, 0.3) is 5.91 Å². The number of aromatic nitrogens is 1. The molecule has 0 N–H and O–H groups in total. The molecule has 33 heavy (non-hydrogen) atoms. The van der Waals surface area contributed by atoms with Gasteiger partial charge in [0, 0.05) is 61.0 Å². The second-order valence-electron chi connectivity index (χ2n) is 10.5. The van der Waals surface area contributed by atoms with Crippen LogP contribution in [0.15, 0.2) is 48.7 Å². The van der Waals surface area contributed by atoms with Crippen molar-refractivity contribution in [2.75, 3.05) is 11.4 Å². The highest BCUT2D eigenvalue weighted by atomic mass is 16.5. The highest BCUT2D eigenvalue weighted by Gasteiger charge is 2.42. The Bertz CT molecular complexity index is 947. The summed E-state index contributed by atoms with van der Waals surface area (Å²) in [7, 11) is 0. The highest BCUT2D eigenvalue weighted by molar-refractivity contribution is 5.95. The molecule has 2 aromatic rings. The van der Waals surface area contributed by atoms with Crippen LogP contribution in [0, 0.1) is 5.92 Å². The number of fused-ring (bicyclic) bond motifs is 3. The minimum atomic E-state index is 0.233. The Labute approximate surface area is 197 Å². The Kier molecular flexibility index (Phi) is 5.73. The van der Waals surface area contributed by atoms with Crippen molar-refractivity contribution in [3.05, 3.63) is 54.2 Å². The fraction of sp³-hybridized carbons (Fsp3) is 0.571. The molecule has 6 rings (SSSR count). The molecule has 3 aliphatic heterocycles. The van der Waals surface area contributed by atoms with Crippen molar-refractivity contribution in [1.29, 1.82) is 0 Å². The Hall–Kier alpha value is -2.56. The van der Waals surface area contributed by atoms with E-state index in [4.69, 9.17) is 4.74 Å². The highest BCUT2D eigenvalue weighted by Crippen LogP contribution is 2.41. The monoisotopic (exact) mass is 445 g/mol. The maximum Gasteiger partial charge on any atom is 0.254 e. The first kappa shape index (κ1) is 21.0. The Balaban J connectivity index is 1.13. The van der Waals surface area contributed by atoms with Gasteiger partial charge in [-0.1, -0.05) is 18.9 Å². The van der Waals surface area contributed by atoms with Gasteiger partial charge in [-0.15, -0.1) is 0 Å². The summed E-state index contributed by atoms with van der Waals surface area (Å²) < 4.78 is 6.19. The fourth-order valence-electron chi connectivity index (χ4n) is 7.05. The third-order valence-corrected chi connectivity index (χ3v) is 8.53. The van der Waals surface area contributed by atoms with Gasteiger partial charge in [0.1, 0.15) is 6.10 Å². The van der Waals surface area contributed by atoms with Gasteiger partial charge in [-0.2, -0.15) is 0 Å². The lowest BCUT2D eigenvalue weighted by molar-refractivity contribution is 0.0390. The lowest BCUT2D eigenvalue weighted by atomic mass is 9.78. The van der Waals surface area contributed by atoms with Crippen LogP contribution in [-0.2, 0) is 0 Å². The molecule has 0 radical (unpaired) electrons. The third kappa shape index (κ3) is 4.11. The molecule has 1 amide bonds. The van der Waals surface area contributed by atoms with Gasteiger partial charge in [0.2, 0.25) is 5.88 Å². The van der Waals surface area contributed by atoms with Crippen LogP contribution >= 0.6 is 0 Å².